The van der Waals surface area contributed by atoms with E-state index in [0.717, 1.165) is 6.92 Å². The highest BCUT2D eigenvalue weighted by Crippen LogP contribution is 2.25. The predicted octanol–water partition coefficient (Wildman–Crippen LogP) is -0.241. The van der Waals surface area contributed by atoms with Gasteiger partial charge in [0, 0.05) is 0 Å². The first kappa shape index (κ1) is 13.3. The van der Waals surface area contributed by atoms with Gasteiger partial charge in [-0.2, -0.15) is 13.2 Å². The third kappa shape index (κ3) is 6.41. The van der Waals surface area contributed by atoms with Crippen molar-refractivity contribution in [2.24, 2.45) is 5.92 Å². The Bertz CT molecular complexity index is 243. The van der Waals surface area contributed by atoms with E-state index in [1.807, 2.05) is 0 Å². The maximum Gasteiger partial charge on any atom is 0.425 e. The first-order chi connectivity index (χ1) is 6.73. The number of nitrogens with one attached hydrogen (secondary N) is 2. The van der Waals surface area contributed by atoms with Crippen LogP contribution in [0.5, 0.6) is 0 Å². The second-order valence-corrected chi connectivity index (χ2v) is 2.58. The van der Waals surface area contributed by atoms with Gasteiger partial charge >= 0.3 is 12.3 Å². The molecule has 0 bridgehead atoms. The maximum atomic E-state index is 11.9. The lowest BCUT2D eigenvalue weighted by atomic mass is 10.2. The third-order valence-electron chi connectivity index (χ3n) is 1.29. The van der Waals surface area contributed by atoms with Gasteiger partial charge in [0.15, 0.2) is 6.09 Å². The number of amides is 2. The molecule has 6 nitrogen and oxygen atoms in total. The molecule has 0 aliphatic rings. The van der Waals surface area contributed by atoms with Gasteiger partial charge in [0.05, 0.1) is 5.92 Å². The van der Waals surface area contributed by atoms with Crippen LogP contribution in [-0.2, 0) is 4.74 Å². The molecule has 88 valence electrons. The number of ether oxygens (including phenoxy) is 1. The Morgan fingerprint density at radius 1 is 1.40 bits per heavy atom. The minimum atomic E-state index is -4.47. The smallest absolute Gasteiger partial charge is 0.425 e. The van der Waals surface area contributed by atoms with Gasteiger partial charge in [-0.15, -0.1) is 0 Å². The van der Waals surface area contributed by atoms with E-state index in [0.29, 0.717) is 0 Å². The molecule has 0 aliphatic carbocycles. The van der Waals surface area contributed by atoms with Crippen LogP contribution in [0.2, 0.25) is 0 Å². The molecule has 0 fully saturated rings. The van der Waals surface area contributed by atoms with Gasteiger partial charge in [-0.25, -0.2) is 10.2 Å². The minimum absolute atomic E-state index is 0.819. The van der Waals surface area contributed by atoms with Gasteiger partial charge in [-0.1, -0.05) is 6.92 Å². The molecular weight excluding hydrogens is 221 g/mol. The Balaban J connectivity index is 3.76. The van der Waals surface area contributed by atoms with E-state index < -0.39 is 30.9 Å². The average Bonchev–Trinajstić information content (AvgIpc) is 2.09. The van der Waals surface area contributed by atoms with Gasteiger partial charge < -0.3 is 14.6 Å². The molecule has 0 saturated carbocycles. The summed E-state index contributed by atoms with van der Waals surface area (Å²) >= 11 is 0. The molecule has 2 amide bonds. The number of carboxylic acid groups (broad SMARTS) is 1. The van der Waals surface area contributed by atoms with E-state index >= 15 is 0 Å². The number of hydrogen-bond acceptors (Lipinski definition) is 4. The molecule has 15 heavy (non-hydrogen) atoms. The van der Waals surface area contributed by atoms with E-state index in [1.54, 1.807) is 0 Å². The number of halogens is 3. The zero-order valence-corrected chi connectivity index (χ0v) is 7.55. The summed E-state index contributed by atoms with van der Waals surface area (Å²) in [6.45, 7) is -0.0798. The lowest BCUT2D eigenvalue weighted by Gasteiger charge is -2.15. The SMILES string of the molecule is CC(COC(=O)NNC(=O)[O-])C(F)(F)F. The van der Waals surface area contributed by atoms with Crippen LogP contribution < -0.4 is 16.0 Å². The van der Waals surface area contributed by atoms with Crippen LogP contribution in [0.3, 0.4) is 0 Å². The quantitative estimate of drug-likeness (QED) is 0.639. The summed E-state index contributed by atoms with van der Waals surface area (Å²) in [6, 6.07) is 0. The summed E-state index contributed by atoms with van der Waals surface area (Å²) in [4.78, 5) is 20.3. The molecule has 0 radical (unpaired) electrons. The maximum absolute atomic E-state index is 11.9. The first-order valence-corrected chi connectivity index (χ1v) is 3.70. The van der Waals surface area contributed by atoms with Crippen molar-refractivity contribution in [3.05, 3.63) is 0 Å². The van der Waals surface area contributed by atoms with Crippen molar-refractivity contribution in [2.75, 3.05) is 6.61 Å². The fourth-order valence-electron chi connectivity index (χ4n) is 0.433. The van der Waals surface area contributed by atoms with Crippen LogP contribution in [0, 0.1) is 5.92 Å². The molecule has 0 aromatic heterocycles. The molecule has 0 saturated heterocycles. The Labute approximate surface area is 82.4 Å². The number of rotatable bonds is 2. The van der Waals surface area contributed by atoms with Crippen molar-refractivity contribution < 1.29 is 32.6 Å². The second-order valence-electron chi connectivity index (χ2n) is 2.58. The van der Waals surface area contributed by atoms with Crippen molar-refractivity contribution in [3.8, 4) is 0 Å². The Morgan fingerprint density at radius 2 is 1.93 bits per heavy atom. The van der Waals surface area contributed by atoms with Gasteiger partial charge in [0.1, 0.15) is 6.61 Å². The fourth-order valence-corrected chi connectivity index (χ4v) is 0.433. The molecule has 0 heterocycles. The molecule has 0 spiro atoms. The van der Waals surface area contributed by atoms with E-state index in [4.69, 9.17) is 0 Å². The Morgan fingerprint density at radius 3 is 2.33 bits per heavy atom. The minimum Gasteiger partial charge on any atom is -0.529 e. The van der Waals surface area contributed by atoms with Crippen molar-refractivity contribution in [2.45, 2.75) is 13.1 Å². The monoisotopic (exact) mass is 229 g/mol. The summed E-state index contributed by atoms with van der Waals surface area (Å²) in [6.07, 6.45) is -7.62. The highest BCUT2D eigenvalue weighted by Gasteiger charge is 2.36. The number of hydrazine groups is 1. The fraction of sp³-hybridized carbons (Fsp3) is 0.667. The average molecular weight is 229 g/mol. The summed E-state index contributed by atoms with van der Waals surface area (Å²) in [5.74, 6) is -1.83. The predicted molar refractivity (Wildman–Crippen MR) is 38.2 cm³/mol. The van der Waals surface area contributed by atoms with Crippen LogP contribution in [0.25, 0.3) is 0 Å². The highest BCUT2D eigenvalue weighted by molar-refractivity contribution is 5.71. The summed E-state index contributed by atoms with van der Waals surface area (Å²) in [5.41, 5.74) is 2.76. The number of hydrogen-bond donors (Lipinski definition) is 2. The molecule has 2 N–H and O–H groups in total. The summed E-state index contributed by atoms with van der Waals surface area (Å²) in [7, 11) is 0. The van der Waals surface area contributed by atoms with Crippen LogP contribution in [-0.4, -0.2) is 25.0 Å². The van der Waals surface area contributed by atoms with Gasteiger partial charge in [-0.3, -0.25) is 5.43 Å². The van der Waals surface area contributed by atoms with Gasteiger partial charge in [0.2, 0.25) is 0 Å². The van der Waals surface area contributed by atoms with E-state index in [2.05, 4.69) is 4.74 Å². The van der Waals surface area contributed by atoms with Crippen molar-refractivity contribution in [1.29, 1.82) is 0 Å². The molecule has 1 unspecified atom stereocenters. The van der Waals surface area contributed by atoms with Crippen molar-refractivity contribution >= 4 is 12.2 Å². The molecule has 1 atom stereocenters. The van der Waals surface area contributed by atoms with E-state index in [1.165, 1.54) is 10.9 Å². The van der Waals surface area contributed by atoms with Crippen LogP contribution in [0.1, 0.15) is 6.92 Å². The molecule has 0 aromatic rings. The topological polar surface area (TPSA) is 90.5 Å². The lowest BCUT2D eigenvalue weighted by molar-refractivity contribution is -0.251. The summed E-state index contributed by atoms with van der Waals surface area (Å²) < 4.78 is 39.7. The lowest BCUT2D eigenvalue weighted by Crippen LogP contribution is -2.48. The van der Waals surface area contributed by atoms with Gasteiger partial charge in [0.25, 0.3) is 0 Å². The third-order valence-corrected chi connectivity index (χ3v) is 1.29. The van der Waals surface area contributed by atoms with Gasteiger partial charge in [-0.05, 0) is 0 Å². The van der Waals surface area contributed by atoms with Crippen molar-refractivity contribution in [3.63, 3.8) is 0 Å². The highest BCUT2D eigenvalue weighted by atomic mass is 19.4. The van der Waals surface area contributed by atoms with E-state index in [9.17, 15) is 27.9 Å². The number of carbonyl (C=O) groups excluding carboxylic acids is 2. The molecule has 0 aromatic carbocycles. The van der Waals surface area contributed by atoms with Crippen LogP contribution >= 0.6 is 0 Å². The molecular formula is C6H8F3N2O4-. The first-order valence-electron chi connectivity index (χ1n) is 3.70. The zero-order valence-electron chi connectivity index (χ0n) is 7.55. The van der Waals surface area contributed by atoms with Crippen LogP contribution in [0.4, 0.5) is 22.8 Å². The normalized spacial score (nSPS) is 12.8. The molecule has 0 rings (SSSR count). The number of alkyl halides is 3. The molecule has 0 aliphatic heterocycles. The molecule has 9 heteroatoms. The van der Waals surface area contributed by atoms with E-state index in [-0.39, 0.29) is 0 Å². The zero-order chi connectivity index (χ0) is 12.1. The van der Waals surface area contributed by atoms with Crippen molar-refractivity contribution in [1.82, 2.24) is 10.9 Å². The number of carbonyl (C=O) groups is 2. The Kier molecular flexibility index (Phi) is 4.68. The largest absolute Gasteiger partial charge is 0.529 e. The standard InChI is InChI=1S/C6H9F3N2O4/c1-3(6(7,8)9)2-15-5(14)11-10-4(12)13/h3,10H,2H2,1H3,(H,11,14)(H,12,13)/p-1. The second kappa shape index (κ2) is 5.27. The summed E-state index contributed by atoms with van der Waals surface area (Å²) in [5, 5.41) is 9.73. The Hall–Kier alpha value is -1.67. The van der Waals surface area contributed by atoms with Crippen LogP contribution in [0.15, 0.2) is 0 Å².